The fraction of sp³-hybridized carbons (Fsp3) is 0.292. The maximum atomic E-state index is 12.1. The molecule has 2 amide bonds. The van der Waals surface area contributed by atoms with Crippen LogP contribution in [0.15, 0.2) is 42.5 Å². The second-order valence-corrected chi connectivity index (χ2v) is 7.38. The first-order valence-corrected chi connectivity index (χ1v) is 10.3. The van der Waals surface area contributed by atoms with Crippen LogP contribution in [0.3, 0.4) is 0 Å². The second kappa shape index (κ2) is 9.75. The zero-order chi connectivity index (χ0) is 21.5. The van der Waals surface area contributed by atoms with Crippen LogP contribution in [0.2, 0.25) is 0 Å². The zero-order valence-electron chi connectivity index (χ0n) is 17.7. The molecule has 0 saturated heterocycles. The number of carbonyl (C=O) groups is 1. The molecule has 0 aliphatic carbocycles. The molecule has 0 unspecified atom stereocenters. The second-order valence-electron chi connectivity index (χ2n) is 7.38. The summed E-state index contributed by atoms with van der Waals surface area (Å²) >= 11 is 0. The number of amides is 2. The predicted octanol–water partition coefficient (Wildman–Crippen LogP) is 4.33. The summed E-state index contributed by atoms with van der Waals surface area (Å²) in [5.74, 6) is 0.705. The highest BCUT2D eigenvalue weighted by atomic mass is 16.2. The number of aromatic nitrogens is 1. The van der Waals surface area contributed by atoms with Gasteiger partial charge in [0, 0.05) is 24.0 Å². The van der Waals surface area contributed by atoms with Crippen LogP contribution in [-0.2, 0) is 6.42 Å². The number of pyridine rings is 1. The van der Waals surface area contributed by atoms with Gasteiger partial charge in [0.25, 0.3) is 5.82 Å². The van der Waals surface area contributed by atoms with Crippen LogP contribution < -0.4 is 20.9 Å². The molecule has 2 aromatic carbocycles. The Hall–Kier alpha value is -3.59. The SMILES string of the molecule is CCc1ccccc1NC(=O)NCCCNc1[nH+]c2cc(C)cc(C)c2cc1C#N. The number of carbonyl (C=O) groups excluding carboxylic acids is 1. The number of rotatable bonds is 7. The highest BCUT2D eigenvalue weighted by Crippen LogP contribution is 2.21. The van der Waals surface area contributed by atoms with Gasteiger partial charge in [-0.3, -0.25) is 5.32 Å². The Labute approximate surface area is 177 Å². The molecule has 0 bridgehead atoms. The van der Waals surface area contributed by atoms with Crippen LogP contribution >= 0.6 is 0 Å². The van der Waals surface area contributed by atoms with Gasteiger partial charge >= 0.3 is 6.03 Å². The van der Waals surface area contributed by atoms with Crippen LogP contribution in [0.25, 0.3) is 10.9 Å². The molecule has 1 heterocycles. The summed E-state index contributed by atoms with van der Waals surface area (Å²) in [6.07, 6.45) is 1.59. The first-order valence-electron chi connectivity index (χ1n) is 10.3. The molecular weight excluding hydrogens is 374 g/mol. The number of anilines is 2. The zero-order valence-corrected chi connectivity index (χ0v) is 17.7. The third-order valence-corrected chi connectivity index (χ3v) is 5.06. The minimum Gasteiger partial charge on any atom is -0.338 e. The number of H-pyrrole nitrogens is 1. The van der Waals surface area contributed by atoms with Crippen LogP contribution in [0.5, 0.6) is 0 Å². The van der Waals surface area contributed by atoms with Crippen LogP contribution in [-0.4, -0.2) is 19.1 Å². The Morgan fingerprint density at radius 1 is 1.13 bits per heavy atom. The van der Waals surface area contributed by atoms with E-state index in [2.05, 4.69) is 53.0 Å². The quantitative estimate of drug-likeness (QED) is 0.514. The van der Waals surface area contributed by atoms with Gasteiger partial charge in [0.15, 0.2) is 0 Å². The monoisotopic (exact) mass is 402 g/mol. The number of benzene rings is 2. The Kier molecular flexibility index (Phi) is 6.87. The molecule has 0 fully saturated rings. The number of para-hydroxylation sites is 1. The molecule has 0 atom stereocenters. The molecule has 6 nitrogen and oxygen atoms in total. The minimum absolute atomic E-state index is 0.211. The number of aromatic amines is 1. The maximum absolute atomic E-state index is 12.1. The van der Waals surface area contributed by atoms with E-state index in [4.69, 9.17) is 0 Å². The molecule has 0 saturated carbocycles. The van der Waals surface area contributed by atoms with Gasteiger partial charge in [-0.25, -0.2) is 9.78 Å². The van der Waals surface area contributed by atoms with Crippen molar-refractivity contribution in [1.82, 2.24) is 5.32 Å². The van der Waals surface area contributed by atoms with Gasteiger partial charge in [0.05, 0.1) is 6.54 Å². The van der Waals surface area contributed by atoms with Crippen molar-refractivity contribution in [1.29, 1.82) is 5.26 Å². The van der Waals surface area contributed by atoms with Gasteiger partial charge in [-0.2, -0.15) is 5.26 Å². The number of nitrogens with one attached hydrogen (secondary N) is 4. The molecule has 154 valence electrons. The molecule has 3 rings (SSSR count). The molecule has 0 aliphatic heterocycles. The summed E-state index contributed by atoms with van der Waals surface area (Å²) in [7, 11) is 0. The molecule has 0 aliphatic rings. The molecule has 30 heavy (non-hydrogen) atoms. The van der Waals surface area contributed by atoms with Crippen molar-refractivity contribution in [3.8, 4) is 6.07 Å². The molecule has 3 aromatic rings. The Bertz CT molecular complexity index is 1100. The lowest BCUT2D eigenvalue weighted by Gasteiger charge is -2.10. The number of hydrogen-bond donors (Lipinski definition) is 3. The van der Waals surface area contributed by atoms with Gasteiger partial charge < -0.3 is 10.6 Å². The number of urea groups is 1. The largest absolute Gasteiger partial charge is 0.338 e. The van der Waals surface area contributed by atoms with Crippen LogP contribution in [0, 0.1) is 25.2 Å². The number of nitrogens with zero attached hydrogens (tertiary/aromatic N) is 1. The van der Waals surface area contributed by atoms with E-state index in [9.17, 15) is 10.1 Å². The van der Waals surface area contributed by atoms with E-state index in [1.165, 1.54) is 5.56 Å². The lowest BCUT2D eigenvalue weighted by molar-refractivity contribution is -0.327. The molecule has 1 aromatic heterocycles. The summed E-state index contributed by atoms with van der Waals surface area (Å²) in [4.78, 5) is 15.5. The summed E-state index contributed by atoms with van der Waals surface area (Å²) in [5, 5.41) is 19.6. The van der Waals surface area contributed by atoms with E-state index >= 15 is 0 Å². The van der Waals surface area contributed by atoms with E-state index in [0.717, 1.165) is 40.6 Å². The van der Waals surface area contributed by atoms with Crippen molar-refractivity contribution in [3.63, 3.8) is 0 Å². The summed E-state index contributed by atoms with van der Waals surface area (Å²) in [6, 6.07) is 15.9. The Balaban J connectivity index is 1.53. The van der Waals surface area contributed by atoms with Crippen molar-refractivity contribution in [2.75, 3.05) is 23.7 Å². The lowest BCUT2D eigenvalue weighted by Crippen LogP contribution is -2.31. The predicted molar refractivity (Wildman–Crippen MR) is 121 cm³/mol. The van der Waals surface area contributed by atoms with E-state index in [0.29, 0.717) is 24.5 Å². The highest BCUT2D eigenvalue weighted by molar-refractivity contribution is 5.90. The van der Waals surface area contributed by atoms with E-state index < -0.39 is 0 Å². The molecule has 0 radical (unpaired) electrons. The van der Waals surface area contributed by atoms with E-state index in [-0.39, 0.29) is 6.03 Å². The van der Waals surface area contributed by atoms with Crippen LogP contribution in [0.4, 0.5) is 16.3 Å². The number of nitriles is 1. The van der Waals surface area contributed by atoms with Gasteiger partial charge in [0.1, 0.15) is 17.1 Å². The number of aryl methyl sites for hydroxylation is 3. The molecule has 6 heteroatoms. The van der Waals surface area contributed by atoms with Crippen molar-refractivity contribution < 1.29 is 9.78 Å². The molecule has 0 spiro atoms. The number of fused-ring (bicyclic) bond motifs is 1. The third-order valence-electron chi connectivity index (χ3n) is 5.06. The fourth-order valence-electron chi connectivity index (χ4n) is 3.54. The maximum Gasteiger partial charge on any atom is 0.319 e. The summed E-state index contributed by atoms with van der Waals surface area (Å²) in [5.41, 5.74) is 5.84. The normalized spacial score (nSPS) is 10.5. The average Bonchev–Trinajstić information content (AvgIpc) is 2.73. The van der Waals surface area contributed by atoms with Gasteiger partial charge in [0.2, 0.25) is 0 Å². The first-order chi connectivity index (χ1) is 14.5. The Morgan fingerprint density at radius 2 is 1.93 bits per heavy atom. The van der Waals surface area contributed by atoms with Crippen molar-refractivity contribution in [3.05, 3.63) is 64.7 Å². The smallest absolute Gasteiger partial charge is 0.319 e. The van der Waals surface area contributed by atoms with Gasteiger partial charge in [-0.05, 0) is 55.2 Å². The lowest BCUT2D eigenvalue weighted by atomic mass is 10.0. The van der Waals surface area contributed by atoms with E-state index in [1.54, 1.807) is 0 Å². The standard InChI is InChI=1S/C24H27N5O/c1-4-18-8-5-6-9-21(18)29-24(30)27-11-7-10-26-23-19(15-25)14-20-17(3)12-16(2)13-22(20)28-23/h5-6,8-9,12-14H,4,7,10-11H2,1-3H3,(H,26,28)(H2,27,29,30)/p+1. The Morgan fingerprint density at radius 3 is 2.70 bits per heavy atom. The summed E-state index contributed by atoms with van der Waals surface area (Å²) < 4.78 is 0. The van der Waals surface area contributed by atoms with Crippen molar-refractivity contribution >= 4 is 28.4 Å². The van der Waals surface area contributed by atoms with Gasteiger partial charge in [-0.1, -0.05) is 31.2 Å². The van der Waals surface area contributed by atoms with E-state index in [1.807, 2.05) is 37.3 Å². The van der Waals surface area contributed by atoms with Crippen LogP contribution in [0.1, 0.15) is 35.6 Å². The minimum atomic E-state index is -0.211. The first kappa shape index (κ1) is 21.1. The molecule has 4 N–H and O–H groups in total. The average molecular weight is 403 g/mol. The van der Waals surface area contributed by atoms with Crippen molar-refractivity contribution in [2.45, 2.75) is 33.6 Å². The fourth-order valence-corrected chi connectivity index (χ4v) is 3.54. The summed E-state index contributed by atoms with van der Waals surface area (Å²) in [6.45, 7) is 7.33. The number of hydrogen-bond acceptors (Lipinski definition) is 3. The topological polar surface area (TPSA) is 91.1 Å². The van der Waals surface area contributed by atoms with Crippen molar-refractivity contribution in [2.24, 2.45) is 0 Å². The van der Waals surface area contributed by atoms with Gasteiger partial charge in [-0.15, -0.1) is 0 Å². The molecular formula is C24H28N5O+. The highest BCUT2D eigenvalue weighted by Gasteiger charge is 2.14. The third kappa shape index (κ3) is 5.06.